The predicted octanol–water partition coefficient (Wildman–Crippen LogP) is 2.87. The fourth-order valence-corrected chi connectivity index (χ4v) is 1.53. The molecule has 0 radical (unpaired) electrons. The van der Waals surface area contributed by atoms with Crippen molar-refractivity contribution in [1.29, 1.82) is 0 Å². The van der Waals surface area contributed by atoms with Crippen molar-refractivity contribution in [1.82, 2.24) is 5.32 Å². The monoisotopic (exact) mass is 243 g/mol. The molecule has 1 amide bonds. The Morgan fingerprint density at radius 1 is 1.24 bits per heavy atom. The van der Waals surface area contributed by atoms with Gasteiger partial charge in [-0.3, -0.25) is 4.79 Å². The fourth-order valence-electron chi connectivity index (χ4n) is 1.53. The van der Waals surface area contributed by atoms with Gasteiger partial charge in [0.25, 0.3) is 0 Å². The van der Waals surface area contributed by atoms with Gasteiger partial charge in [-0.2, -0.15) is 0 Å². The van der Waals surface area contributed by atoms with Crippen LogP contribution in [-0.2, 0) is 4.79 Å². The van der Waals surface area contributed by atoms with Crippen LogP contribution in [0.25, 0.3) is 0 Å². The molecule has 0 aliphatic rings. The maximum Gasteiger partial charge on any atom is 0.223 e. The molecule has 3 nitrogen and oxygen atoms in total. The molecular weight excluding hydrogens is 214 g/mol. The Hall–Kier alpha value is -0.570. The Labute approximate surface area is 106 Å². The molecule has 0 aromatic rings. The predicted molar refractivity (Wildman–Crippen MR) is 71.8 cm³/mol. The lowest BCUT2D eigenvalue weighted by Gasteiger charge is -2.39. The highest BCUT2D eigenvalue weighted by Crippen LogP contribution is 2.22. The van der Waals surface area contributed by atoms with Crippen molar-refractivity contribution < 1.29 is 9.90 Å². The minimum absolute atomic E-state index is 0.0630. The third-order valence-electron chi connectivity index (χ3n) is 3.73. The van der Waals surface area contributed by atoms with Gasteiger partial charge in [-0.05, 0) is 40.5 Å². The number of aliphatic hydroxyl groups is 1. The molecule has 2 N–H and O–H groups in total. The van der Waals surface area contributed by atoms with E-state index in [-0.39, 0.29) is 11.8 Å². The summed E-state index contributed by atoms with van der Waals surface area (Å²) in [6, 6.07) is 0. The molecule has 0 aromatic heterocycles. The highest BCUT2D eigenvalue weighted by Gasteiger charge is 2.37. The molecule has 0 saturated heterocycles. The Morgan fingerprint density at radius 3 is 2.12 bits per heavy atom. The second-order valence-corrected chi connectivity index (χ2v) is 5.92. The number of amides is 1. The molecule has 0 fully saturated rings. The smallest absolute Gasteiger partial charge is 0.223 e. The molecular formula is C14H29NO2. The summed E-state index contributed by atoms with van der Waals surface area (Å²) >= 11 is 0. The van der Waals surface area contributed by atoms with Crippen LogP contribution in [0.3, 0.4) is 0 Å². The Balaban J connectivity index is 4.50. The van der Waals surface area contributed by atoms with Gasteiger partial charge in [0.15, 0.2) is 0 Å². The molecule has 0 aromatic carbocycles. The summed E-state index contributed by atoms with van der Waals surface area (Å²) in [5.74, 6) is 0.129. The number of carbonyl (C=O) groups excluding carboxylic acids is 1. The maximum absolute atomic E-state index is 12.1. The summed E-state index contributed by atoms with van der Waals surface area (Å²) < 4.78 is 0. The first kappa shape index (κ1) is 16.4. The quantitative estimate of drug-likeness (QED) is 0.722. The van der Waals surface area contributed by atoms with Crippen molar-refractivity contribution in [3.8, 4) is 0 Å². The van der Waals surface area contributed by atoms with Crippen LogP contribution in [0.2, 0.25) is 0 Å². The molecule has 0 aliphatic carbocycles. The van der Waals surface area contributed by atoms with Gasteiger partial charge in [-0.1, -0.05) is 26.7 Å². The second-order valence-electron chi connectivity index (χ2n) is 5.92. The van der Waals surface area contributed by atoms with Crippen molar-refractivity contribution >= 4 is 5.91 Å². The normalized spacial score (nSPS) is 14.5. The van der Waals surface area contributed by atoms with E-state index < -0.39 is 11.1 Å². The van der Waals surface area contributed by atoms with Gasteiger partial charge in [0.1, 0.15) is 0 Å². The SMILES string of the molecule is CCCCC(CC)C(=O)NC(C)(C)C(C)(C)O. The number of hydrogen-bond acceptors (Lipinski definition) is 2. The number of nitrogens with one attached hydrogen (secondary N) is 1. The average Bonchev–Trinajstić information content (AvgIpc) is 2.16. The molecule has 0 aliphatic heterocycles. The van der Waals surface area contributed by atoms with Crippen molar-refractivity contribution in [2.75, 3.05) is 0 Å². The first-order chi connectivity index (χ1) is 7.65. The largest absolute Gasteiger partial charge is 0.388 e. The van der Waals surface area contributed by atoms with E-state index in [1.165, 1.54) is 0 Å². The first-order valence-electron chi connectivity index (χ1n) is 6.70. The number of hydrogen-bond donors (Lipinski definition) is 2. The van der Waals surface area contributed by atoms with E-state index >= 15 is 0 Å². The van der Waals surface area contributed by atoms with Crippen LogP contribution in [0.15, 0.2) is 0 Å². The molecule has 17 heavy (non-hydrogen) atoms. The highest BCUT2D eigenvalue weighted by molar-refractivity contribution is 5.79. The number of unbranched alkanes of at least 4 members (excludes halogenated alkanes) is 1. The number of rotatable bonds is 7. The van der Waals surface area contributed by atoms with Gasteiger partial charge in [-0.15, -0.1) is 0 Å². The minimum atomic E-state index is -0.925. The van der Waals surface area contributed by atoms with Gasteiger partial charge < -0.3 is 10.4 Å². The summed E-state index contributed by atoms with van der Waals surface area (Å²) in [5.41, 5.74) is -1.53. The van der Waals surface area contributed by atoms with Crippen LogP contribution in [0, 0.1) is 5.92 Å². The topological polar surface area (TPSA) is 49.3 Å². The first-order valence-corrected chi connectivity index (χ1v) is 6.70. The molecule has 0 rings (SSSR count). The lowest BCUT2D eigenvalue weighted by molar-refractivity contribution is -0.130. The minimum Gasteiger partial charge on any atom is -0.388 e. The van der Waals surface area contributed by atoms with E-state index in [4.69, 9.17) is 0 Å². The van der Waals surface area contributed by atoms with Crippen molar-refractivity contribution in [2.24, 2.45) is 5.92 Å². The molecule has 0 bridgehead atoms. The zero-order valence-corrected chi connectivity index (χ0v) is 12.3. The van der Waals surface area contributed by atoms with Gasteiger partial charge in [-0.25, -0.2) is 0 Å². The Bertz CT molecular complexity index is 241. The van der Waals surface area contributed by atoms with Crippen LogP contribution in [0.4, 0.5) is 0 Å². The van der Waals surface area contributed by atoms with Crippen molar-refractivity contribution in [3.63, 3.8) is 0 Å². The van der Waals surface area contributed by atoms with E-state index in [0.717, 1.165) is 25.7 Å². The molecule has 3 heteroatoms. The van der Waals surface area contributed by atoms with E-state index in [1.54, 1.807) is 13.8 Å². The Morgan fingerprint density at radius 2 is 1.76 bits per heavy atom. The number of carbonyl (C=O) groups is 1. The van der Waals surface area contributed by atoms with E-state index in [0.29, 0.717) is 0 Å². The summed E-state index contributed by atoms with van der Waals surface area (Å²) in [4.78, 5) is 12.1. The molecule has 0 saturated carbocycles. The van der Waals surface area contributed by atoms with Gasteiger partial charge in [0.05, 0.1) is 11.1 Å². The van der Waals surface area contributed by atoms with Crippen molar-refractivity contribution in [2.45, 2.75) is 78.4 Å². The van der Waals surface area contributed by atoms with Crippen LogP contribution < -0.4 is 5.32 Å². The van der Waals surface area contributed by atoms with Crippen LogP contribution in [0.5, 0.6) is 0 Å². The van der Waals surface area contributed by atoms with Gasteiger partial charge in [0, 0.05) is 5.92 Å². The molecule has 1 atom stereocenters. The zero-order chi connectivity index (χ0) is 13.7. The lowest BCUT2D eigenvalue weighted by atomic mass is 9.85. The van der Waals surface area contributed by atoms with Gasteiger partial charge in [0.2, 0.25) is 5.91 Å². The van der Waals surface area contributed by atoms with Crippen LogP contribution >= 0.6 is 0 Å². The summed E-state index contributed by atoms with van der Waals surface area (Å²) in [7, 11) is 0. The van der Waals surface area contributed by atoms with Crippen LogP contribution in [0.1, 0.15) is 67.2 Å². The summed E-state index contributed by atoms with van der Waals surface area (Å²) in [6.07, 6.45) is 3.97. The molecule has 0 spiro atoms. The van der Waals surface area contributed by atoms with Gasteiger partial charge >= 0.3 is 0 Å². The maximum atomic E-state index is 12.1. The van der Waals surface area contributed by atoms with E-state index in [9.17, 15) is 9.90 Å². The average molecular weight is 243 g/mol. The lowest BCUT2D eigenvalue weighted by Crippen LogP contribution is -2.58. The second kappa shape index (κ2) is 6.39. The molecule has 102 valence electrons. The summed E-state index contributed by atoms with van der Waals surface area (Å²) in [6.45, 7) is 11.3. The fraction of sp³-hybridized carbons (Fsp3) is 0.929. The zero-order valence-electron chi connectivity index (χ0n) is 12.3. The highest BCUT2D eigenvalue weighted by atomic mass is 16.3. The van der Waals surface area contributed by atoms with E-state index in [1.807, 2.05) is 20.8 Å². The molecule has 1 unspecified atom stereocenters. The van der Waals surface area contributed by atoms with Crippen molar-refractivity contribution in [3.05, 3.63) is 0 Å². The standard InChI is InChI=1S/C14H29NO2/c1-7-9-10-11(8-2)12(16)15-13(3,4)14(5,6)17/h11,17H,7-10H2,1-6H3,(H,15,16). The summed E-state index contributed by atoms with van der Waals surface area (Å²) in [5, 5.41) is 13.0. The van der Waals surface area contributed by atoms with E-state index in [2.05, 4.69) is 12.2 Å². The third-order valence-corrected chi connectivity index (χ3v) is 3.73. The van der Waals surface area contributed by atoms with Crippen LogP contribution in [-0.4, -0.2) is 22.2 Å². The Kier molecular flexibility index (Phi) is 6.17. The third kappa shape index (κ3) is 5.07. The molecule has 0 heterocycles.